The molecule has 0 aliphatic carbocycles. The number of pyridine rings is 1. The number of rotatable bonds is 2. The molecule has 6 heteroatoms. The third-order valence-electron chi connectivity index (χ3n) is 2.53. The first-order chi connectivity index (χ1) is 8.48. The Labute approximate surface area is 117 Å². The molecule has 2 aromatic heterocycles. The Balaban J connectivity index is 0.00000180. The molecule has 2 rings (SSSR count). The molecule has 0 spiro atoms. The zero-order valence-electron chi connectivity index (χ0n) is 11.1. The molecule has 0 unspecified atom stereocenters. The normalized spacial score (nSPS) is 11.5. The molecule has 1 N–H and O–H groups in total. The standard InChI is InChI=1S/C13H16N4O.ClH/c1-13(2,3)11-9-15-12(18)17(11)16-8-10-5-4-6-14-7-10;/h4-9H,1-3H3,(H,15,18);1H. The van der Waals surface area contributed by atoms with Crippen LogP contribution < -0.4 is 5.69 Å². The molecule has 0 aliphatic rings. The molecule has 102 valence electrons. The van der Waals surface area contributed by atoms with Crippen LogP contribution in [0.25, 0.3) is 0 Å². The number of nitrogens with zero attached hydrogens (tertiary/aromatic N) is 3. The van der Waals surface area contributed by atoms with Gasteiger partial charge in [0.25, 0.3) is 0 Å². The fourth-order valence-corrected chi connectivity index (χ4v) is 1.59. The third-order valence-corrected chi connectivity index (χ3v) is 2.53. The third kappa shape index (κ3) is 3.54. The Morgan fingerprint density at radius 1 is 1.42 bits per heavy atom. The highest BCUT2D eigenvalue weighted by Gasteiger charge is 2.19. The molecule has 0 fully saturated rings. The molecule has 0 amide bonds. The molecule has 2 heterocycles. The van der Waals surface area contributed by atoms with Crippen molar-refractivity contribution in [3.63, 3.8) is 0 Å². The summed E-state index contributed by atoms with van der Waals surface area (Å²) in [6, 6.07) is 3.71. The largest absolute Gasteiger partial charge is 0.346 e. The monoisotopic (exact) mass is 280 g/mol. The van der Waals surface area contributed by atoms with Crippen LogP contribution in [0, 0.1) is 0 Å². The fraction of sp³-hybridized carbons (Fsp3) is 0.308. The van der Waals surface area contributed by atoms with Gasteiger partial charge in [-0.1, -0.05) is 26.8 Å². The van der Waals surface area contributed by atoms with Crippen molar-refractivity contribution in [3.8, 4) is 0 Å². The highest BCUT2D eigenvalue weighted by Crippen LogP contribution is 2.19. The molecular formula is C13H17ClN4O. The highest BCUT2D eigenvalue weighted by molar-refractivity contribution is 5.85. The van der Waals surface area contributed by atoms with Crippen molar-refractivity contribution < 1.29 is 0 Å². The summed E-state index contributed by atoms with van der Waals surface area (Å²) in [6.07, 6.45) is 6.71. The predicted octanol–water partition coefficient (Wildman–Crippen LogP) is 2.17. The van der Waals surface area contributed by atoms with Crippen LogP contribution in [0.15, 0.2) is 40.6 Å². The van der Waals surface area contributed by atoms with Crippen molar-refractivity contribution >= 4 is 18.6 Å². The van der Waals surface area contributed by atoms with Gasteiger partial charge in [-0.25, -0.2) is 4.79 Å². The molecule has 0 saturated carbocycles. The summed E-state index contributed by atoms with van der Waals surface area (Å²) in [7, 11) is 0. The van der Waals surface area contributed by atoms with Crippen LogP contribution in [0.5, 0.6) is 0 Å². The Bertz CT molecular complexity index is 608. The molecule has 2 aromatic rings. The van der Waals surface area contributed by atoms with Gasteiger partial charge in [0, 0.05) is 29.6 Å². The lowest BCUT2D eigenvalue weighted by atomic mass is 9.93. The van der Waals surface area contributed by atoms with E-state index in [1.165, 1.54) is 4.68 Å². The number of aromatic amines is 1. The van der Waals surface area contributed by atoms with Gasteiger partial charge in [0.2, 0.25) is 0 Å². The Kier molecular flexibility index (Phi) is 4.67. The zero-order chi connectivity index (χ0) is 13.2. The maximum Gasteiger partial charge on any atom is 0.346 e. The van der Waals surface area contributed by atoms with Crippen LogP contribution in [0.3, 0.4) is 0 Å². The molecular weight excluding hydrogens is 264 g/mol. The number of hydrogen-bond donors (Lipinski definition) is 1. The van der Waals surface area contributed by atoms with E-state index in [0.717, 1.165) is 11.3 Å². The Hall–Kier alpha value is -1.88. The first-order valence-electron chi connectivity index (χ1n) is 5.74. The lowest BCUT2D eigenvalue weighted by Gasteiger charge is -2.17. The van der Waals surface area contributed by atoms with Gasteiger partial charge in [-0.05, 0) is 6.07 Å². The maximum absolute atomic E-state index is 11.7. The summed E-state index contributed by atoms with van der Waals surface area (Å²) >= 11 is 0. The van der Waals surface area contributed by atoms with Gasteiger partial charge in [0.1, 0.15) is 0 Å². The van der Waals surface area contributed by atoms with Crippen LogP contribution >= 0.6 is 12.4 Å². The Morgan fingerprint density at radius 2 is 2.16 bits per heavy atom. The van der Waals surface area contributed by atoms with E-state index in [1.54, 1.807) is 24.8 Å². The van der Waals surface area contributed by atoms with Crippen molar-refractivity contribution in [1.82, 2.24) is 14.6 Å². The van der Waals surface area contributed by atoms with E-state index in [9.17, 15) is 4.79 Å². The van der Waals surface area contributed by atoms with E-state index < -0.39 is 0 Å². The maximum atomic E-state index is 11.7. The van der Waals surface area contributed by atoms with Gasteiger partial charge in [-0.2, -0.15) is 9.78 Å². The summed E-state index contributed by atoms with van der Waals surface area (Å²) < 4.78 is 1.38. The smallest absolute Gasteiger partial charge is 0.311 e. The quantitative estimate of drug-likeness (QED) is 0.857. The average molecular weight is 281 g/mol. The van der Waals surface area contributed by atoms with Crippen molar-refractivity contribution in [2.45, 2.75) is 26.2 Å². The van der Waals surface area contributed by atoms with Crippen molar-refractivity contribution in [2.75, 3.05) is 0 Å². The minimum absolute atomic E-state index is 0. The number of H-pyrrole nitrogens is 1. The summed E-state index contributed by atoms with van der Waals surface area (Å²) in [4.78, 5) is 18.3. The van der Waals surface area contributed by atoms with E-state index in [2.05, 4.69) is 15.1 Å². The minimum Gasteiger partial charge on any atom is -0.311 e. The van der Waals surface area contributed by atoms with Crippen LogP contribution in [0.4, 0.5) is 0 Å². The molecule has 0 aromatic carbocycles. The SMILES string of the molecule is CC(C)(C)c1c[nH]c(=O)n1N=Cc1cccnc1.Cl. The van der Waals surface area contributed by atoms with E-state index in [4.69, 9.17) is 0 Å². The van der Waals surface area contributed by atoms with Crippen molar-refractivity contribution in [1.29, 1.82) is 0 Å². The molecule has 0 saturated heterocycles. The number of halogens is 1. The van der Waals surface area contributed by atoms with Gasteiger partial charge in [-0.3, -0.25) is 4.98 Å². The molecule has 0 aliphatic heterocycles. The number of imidazole rings is 1. The Morgan fingerprint density at radius 3 is 2.74 bits per heavy atom. The first-order valence-corrected chi connectivity index (χ1v) is 5.74. The lowest BCUT2D eigenvalue weighted by Crippen LogP contribution is -2.22. The second kappa shape index (κ2) is 5.84. The topological polar surface area (TPSA) is 63.0 Å². The number of nitrogens with one attached hydrogen (secondary N) is 1. The van der Waals surface area contributed by atoms with Gasteiger partial charge < -0.3 is 4.98 Å². The molecule has 5 nitrogen and oxygen atoms in total. The van der Waals surface area contributed by atoms with Crippen LogP contribution in [0.1, 0.15) is 32.0 Å². The minimum atomic E-state index is -0.236. The van der Waals surface area contributed by atoms with Gasteiger partial charge in [0.15, 0.2) is 0 Å². The lowest BCUT2D eigenvalue weighted by molar-refractivity contribution is 0.536. The summed E-state index contributed by atoms with van der Waals surface area (Å²) in [5, 5.41) is 4.21. The molecule has 0 atom stereocenters. The zero-order valence-corrected chi connectivity index (χ0v) is 11.9. The molecule has 0 radical (unpaired) electrons. The molecule has 19 heavy (non-hydrogen) atoms. The first kappa shape index (κ1) is 15.2. The van der Waals surface area contributed by atoms with Crippen LogP contribution in [-0.4, -0.2) is 20.9 Å². The average Bonchev–Trinajstić information content (AvgIpc) is 2.69. The van der Waals surface area contributed by atoms with E-state index >= 15 is 0 Å². The summed E-state index contributed by atoms with van der Waals surface area (Å²) in [5.41, 5.74) is 1.31. The van der Waals surface area contributed by atoms with Crippen molar-refractivity contribution in [2.24, 2.45) is 5.10 Å². The second-order valence-electron chi connectivity index (χ2n) is 5.07. The van der Waals surface area contributed by atoms with Gasteiger partial charge >= 0.3 is 5.69 Å². The van der Waals surface area contributed by atoms with Gasteiger partial charge in [0.05, 0.1) is 11.9 Å². The summed E-state index contributed by atoms with van der Waals surface area (Å²) in [6.45, 7) is 6.10. The molecule has 0 bridgehead atoms. The summed E-state index contributed by atoms with van der Waals surface area (Å²) in [5.74, 6) is 0. The van der Waals surface area contributed by atoms with Crippen molar-refractivity contribution in [3.05, 3.63) is 52.5 Å². The van der Waals surface area contributed by atoms with E-state index in [1.807, 2.05) is 32.9 Å². The number of hydrogen-bond acceptors (Lipinski definition) is 3. The van der Waals surface area contributed by atoms with Crippen LogP contribution in [0.2, 0.25) is 0 Å². The number of aromatic nitrogens is 3. The van der Waals surface area contributed by atoms with E-state index in [0.29, 0.717) is 0 Å². The second-order valence-corrected chi connectivity index (χ2v) is 5.07. The van der Waals surface area contributed by atoms with E-state index in [-0.39, 0.29) is 23.5 Å². The fourth-order valence-electron chi connectivity index (χ4n) is 1.59. The van der Waals surface area contributed by atoms with Crippen LogP contribution in [-0.2, 0) is 5.41 Å². The predicted molar refractivity (Wildman–Crippen MR) is 78.2 cm³/mol. The highest BCUT2D eigenvalue weighted by atomic mass is 35.5. The van der Waals surface area contributed by atoms with Gasteiger partial charge in [-0.15, -0.1) is 12.4 Å².